The van der Waals surface area contributed by atoms with Crippen LogP contribution in [-0.4, -0.2) is 0 Å². The molecule has 34 heavy (non-hydrogen) atoms. The van der Waals surface area contributed by atoms with E-state index in [1.807, 2.05) is 19.1 Å². The molecule has 3 aliphatic carbocycles. The van der Waals surface area contributed by atoms with Crippen molar-refractivity contribution in [2.45, 2.75) is 61.3 Å². The highest BCUT2D eigenvalue weighted by molar-refractivity contribution is 5.49. The zero-order valence-corrected chi connectivity index (χ0v) is 21.4. The Bertz CT molecular complexity index is 1150. The summed E-state index contributed by atoms with van der Waals surface area (Å²) in [4.78, 5) is 0. The Morgan fingerprint density at radius 1 is 0.882 bits per heavy atom. The fourth-order valence-electron chi connectivity index (χ4n) is 5.90. The third kappa shape index (κ3) is 3.83. The topological polar surface area (TPSA) is 95.2 Å². The van der Waals surface area contributed by atoms with Gasteiger partial charge in [0.2, 0.25) is 0 Å². The summed E-state index contributed by atoms with van der Waals surface area (Å²) < 4.78 is 0. The Balaban J connectivity index is 2.26. The number of rotatable bonds is 3. The van der Waals surface area contributed by atoms with Crippen LogP contribution in [0.25, 0.3) is 0 Å². The second-order valence-corrected chi connectivity index (χ2v) is 12.0. The van der Waals surface area contributed by atoms with Crippen molar-refractivity contribution < 1.29 is 0 Å². The van der Waals surface area contributed by atoms with Gasteiger partial charge in [-0.2, -0.15) is 21.0 Å². The minimum Gasteiger partial charge on any atom is -0.196 e. The van der Waals surface area contributed by atoms with Crippen molar-refractivity contribution in [3.05, 3.63) is 58.7 Å². The summed E-state index contributed by atoms with van der Waals surface area (Å²) in [5.41, 5.74) is 0.870. The van der Waals surface area contributed by atoms with Crippen LogP contribution in [0.3, 0.4) is 0 Å². The molecule has 174 valence electrons. The van der Waals surface area contributed by atoms with Crippen LogP contribution >= 0.6 is 0 Å². The minimum atomic E-state index is -1.75. The van der Waals surface area contributed by atoms with E-state index in [-0.39, 0.29) is 29.1 Å². The monoisotopic (exact) mass is 450 g/mol. The van der Waals surface area contributed by atoms with Gasteiger partial charge in [0.15, 0.2) is 10.8 Å². The van der Waals surface area contributed by atoms with Gasteiger partial charge in [0.25, 0.3) is 0 Å². The van der Waals surface area contributed by atoms with Crippen LogP contribution in [-0.2, 0) is 0 Å². The second kappa shape index (κ2) is 8.46. The zero-order valence-electron chi connectivity index (χ0n) is 21.4. The minimum absolute atomic E-state index is 0.0191. The van der Waals surface area contributed by atoms with E-state index in [0.29, 0.717) is 6.42 Å². The number of allylic oxidation sites excluding steroid dienone is 10. The molecule has 0 fully saturated rings. The normalized spacial score (nSPS) is 25.7. The van der Waals surface area contributed by atoms with Gasteiger partial charge in [0.05, 0.1) is 24.3 Å². The van der Waals surface area contributed by atoms with Crippen LogP contribution in [0.1, 0.15) is 61.3 Å². The lowest BCUT2D eigenvalue weighted by atomic mass is 9.49. The molecule has 0 saturated heterocycles. The van der Waals surface area contributed by atoms with Crippen molar-refractivity contribution >= 4 is 0 Å². The van der Waals surface area contributed by atoms with Crippen molar-refractivity contribution in [1.82, 2.24) is 0 Å². The van der Waals surface area contributed by atoms with Crippen molar-refractivity contribution in [3.63, 3.8) is 0 Å². The summed E-state index contributed by atoms with van der Waals surface area (Å²) in [6, 6.07) is 8.70. The van der Waals surface area contributed by atoms with Crippen LogP contribution in [0.2, 0.25) is 0 Å². The van der Waals surface area contributed by atoms with E-state index in [9.17, 15) is 21.0 Å². The summed E-state index contributed by atoms with van der Waals surface area (Å²) in [7, 11) is 0. The SMILES string of the molecule is CC1=C(C2C=CC=C2)[C@@H](CC2C=C(C(C)(C)C)C=C2C(C)(C)C)C(C#N)(C#N)C(C#N)(C#N)C1. The maximum absolute atomic E-state index is 10.5. The lowest BCUT2D eigenvalue weighted by molar-refractivity contribution is 0.169. The Labute approximate surface area is 204 Å². The van der Waals surface area contributed by atoms with Gasteiger partial charge >= 0.3 is 0 Å². The summed E-state index contributed by atoms with van der Waals surface area (Å²) >= 11 is 0. The fraction of sp³-hybridized carbons (Fsp3) is 0.533. The van der Waals surface area contributed by atoms with Gasteiger partial charge in [-0.3, -0.25) is 0 Å². The molecule has 1 unspecified atom stereocenters. The molecule has 3 aliphatic rings. The van der Waals surface area contributed by atoms with E-state index in [0.717, 1.165) is 11.1 Å². The number of nitriles is 4. The first-order chi connectivity index (χ1) is 15.8. The van der Waals surface area contributed by atoms with E-state index >= 15 is 0 Å². The van der Waals surface area contributed by atoms with E-state index in [1.165, 1.54) is 11.1 Å². The van der Waals surface area contributed by atoms with Gasteiger partial charge < -0.3 is 0 Å². The number of hydrogen-bond donors (Lipinski definition) is 0. The Kier molecular flexibility index (Phi) is 6.29. The summed E-state index contributed by atoms with van der Waals surface area (Å²) in [5, 5.41) is 41.3. The molecular formula is C30H34N4. The Morgan fingerprint density at radius 2 is 1.44 bits per heavy atom. The second-order valence-electron chi connectivity index (χ2n) is 12.0. The molecule has 0 aromatic carbocycles. The molecule has 0 aromatic rings. The van der Waals surface area contributed by atoms with E-state index in [2.05, 4.69) is 90.1 Å². The average molecular weight is 451 g/mol. The Hall–Kier alpha value is -3.34. The van der Waals surface area contributed by atoms with Crippen molar-refractivity contribution in [2.24, 2.45) is 39.4 Å². The predicted molar refractivity (Wildman–Crippen MR) is 133 cm³/mol. The largest absolute Gasteiger partial charge is 0.196 e. The molecule has 0 spiro atoms. The van der Waals surface area contributed by atoms with Crippen LogP contribution in [0.4, 0.5) is 0 Å². The van der Waals surface area contributed by atoms with Gasteiger partial charge in [0, 0.05) is 18.3 Å². The van der Waals surface area contributed by atoms with Crippen LogP contribution in [0.5, 0.6) is 0 Å². The van der Waals surface area contributed by atoms with E-state index in [4.69, 9.17) is 0 Å². The molecule has 0 N–H and O–H groups in total. The maximum Gasteiger partial charge on any atom is 0.182 e. The predicted octanol–water partition coefficient (Wildman–Crippen LogP) is 7.10. The summed E-state index contributed by atoms with van der Waals surface area (Å²) in [6.07, 6.45) is 13.3. The number of hydrogen-bond acceptors (Lipinski definition) is 4. The van der Waals surface area contributed by atoms with Crippen LogP contribution in [0.15, 0.2) is 58.7 Å². The van der Waals surface area contributed by atoms with Crippen LogP contribution < -0.4 is 0 Å². The van der Waals surface area contributed by atoms with Crippen LogP contribution in [0, 0.1) is 84.7 Å². The first-order valence-corrected chi connectivity index (χ1v) is 11.9. The zero-order chi connectivity index (χ0) is 25.5. The summed E-state index contributed by atoms with van der Waals surface area (Å²) in [6.45, 7) is 15.1. The number of nitrogens with zero attached hydrogens (tertiary/aromatic N) is 4. The van der Waals surface area contributed by atoms with Gasteiger partial charge in [-0.25, -0.2) is 0 Å². The maximum atomic E-state index is 10.5. The average Bonchev–Trinajstić information content (AvgIpc) is 3.43. The third-order valence-electron chi connectivity index (χ3n) is 7.75. The molecule has 2 atom stereocenters. The van der Waals surface area contributed by atoms with Crippen molar-refractivity contribution in [3.8, 4) is 24.3 Å². The molecule has 0 saturated carbocycles. The molecule has 4 heteroatoms. The van der Waals surface area contributed by atoms with Gasteiger partial charge in [-0.05, 0) is 35.7 Å². The first-order valence-electron chi connectivity index (χ1n) is 11.9. The summed E-state index contributed by atoms with van der Waals surface area (Å²) in [5.74, 6) is -0.555. The van der Waals surface area contributed by atoms with Gasteiger partial charge in [-0.15, -0.1) is 0 Å². The highest BCUT2D eigenvalue weighted by atomic mass is 14.6. The lowest BCUT2D eigenvalue weighted by Gasteiger charge is -2.46. The molecule has 0 heterocycles. The molecule has 0 bridgehead atoms. The molecule has 0 amide bonds. The van der Waals surface area contributed by atoms with Crippen molar-refractivity contribution in [2.75, 3.05) is 0 Å². The van der Waals surface area contributed by atoms with Gasteiger partial charge in [0.1, 0.15) is 0 Å². The molecule has 0 radical (unpaired) electrons. The molecule has 4 nitrogen and oxygen atoms in total. The van der Waals surface area contributed by atoms with Crippen molar-refractivity contribution in [1.29, 1.82) is 21.0 Å². The third-order valence-corrected chi connectivity index (χ3v) is 7.75. The lowest BCUT2D eigenvalue weighted by Crippen LogP contribution is -2.49. The first kappa shape index (κ1) is 25.3. The smallest absolute Gasteiger partial charge is 0.182 e. The van der Waals surface area contributed by atoms with E-state index in [1.54, 1.807) is 0 Å². The standard InChI is InChI=1S/C30H34N4/c1-20-15-29(16-31,17-32)30(18-33,19-34)25(26(20)21-10-8-9-11-21)13-22-12-23(27(2,3)4)14-24(22)28(5,6)7/h8-12,14,21-22,25H,13,15H2,1-7H3/t22?,25-/m1/s1. The highest BCUT2D eigenvalue weighted by Gasteiger charge is 2.63. The fourth-order valence-corrected chi connectivity index (χ4v) is 5.90. The quantitative estimate of drug-likeness (QED) is 0.428. The highest BCUT2D eigenvalue weighted by Crippen LogP contribution is 2.60. The molecule has 0 aromatic heterocycles. The molecular weight excluding hydrogens is 416 g/mol. The van der Waals surface area contributed by atoms with Gasteiger partial charge in [-0.1, -0.05) is 94.7 Å². The van der Waals surface area contributed by atoms with E-state index < -0.39 is 16.7 Å². The Morgan fingerprint density at radius 3 is 1.88 bits per heavy atom. The molecule has 0 aliphatic heterocycles. The molecule has 3 rings (SSSR count).